The van der Waals surface area contributed by atoms with Gasteiger partial charge in [0.2, 0.25) is 0 Å². The third-order valence-corrected chi connectivity index (χ3v) is 1.32. The van der Waals surface area contributed by atoms with Crippen LogP contribution in [0.25, 0.3) is 0 Å². The van der Waals surface area contributed by atoms with Crippen LogP contribution in [0, 0.1) is 5.82 Å². The van der Waals surface area contributed by atoms with Crippen LogP contribution in [-0.4, -0.2) is 4.98 Å². The maximum absolute atomic E-state index is 12.6. The highest BCUT2D eigenvalue weighted by Crippen LogP contribution is 2.16. The monoisotopic (exact) mass is 192 g/mol. The summed E-state index contributed by atoms with van der Waals surface area (Å²) < 4.78 is 26.7. The molecule has 0 aliphatic heterocycles. The maximum Gasteiger partial charge on any atom is 0.142 e. The average molecular weight is 193 g/mol. The predicted octanol–water partition coefficient (Wildman–Crippen LogP) is 1.57. The van der Waals surface area contributed by atoms with Crippen LogP contribution in [0.3, 0.4) is 0 Å². The van der Waals surface area contributed by atoms with E-state index in [1.54, 1.807) is 0 Å². The van der Waals surface area contributed by atoms with Crippen molar-refractivity contribution in [1.29, 1.82) is 0 Å². The smallest absolute Gasteiger partial charge is 0.142 e. The third kappa shape index (κ3) is 1.38. The van der Waals surface area contributed by atoms with E-state index in [4.69, 9.17) is 8.48 Å². The van der Waals surface area contributed by atoms with Crippen molar-refractivity contribution in [3.63, 3.8) is 0 Å². The highest BCUT2D eigenvalue weighted by Gasteiger charge is 1.95. The topological polar surface area (TPSA) is 38.9 Å². The lowest BCUT2D eigenvalue weighted by Gasteiger charge is -1.93. The number of nitrogens with two attached hydrogens (primary N) is 1. The van der Waals surface area contributed by atoms with E-state index in [0.717, 1.165) is 0 Å². The molecule has 1 rings (SSSR count). The van der Waals surface area contributed by atoms with Crippen LogP contribution in [0.4, 0.5) is 10.2 Å². The van der Waals surface area contributed by atoms with Crippen LogP contribution in [0.2, 0.25) is 0 Å². The molecule has 48 valence electrons. The van der Waals surface area contributed by atoms with Crippen LogP contribution >= 0.6 is 15.9 Å². The van der Waals surface area contributed by atoms with Crippen molar-refractivity contribution >= 4 is 21.7 Å². The van der Waals surface area contributed by atoms with Gasteiger partial charge in [-0.1, -0.05) is 0 Å². The number of nitrogens with zero attached hydrogens (tertiary/aromatic N) is 1. The van der Waals surface area contributed by atoms with E-state index in [-0.39, 0.29) is 10.3 Å². The number of hydrogen-bond donors (Lipinski definition) is 1. The van der Waals surface area contributed by atoms with E-state index in [1.807, 2.05) is 0 Å². The van der Waals surface area contributed by atoms with Crippen LogP contribution < -0.4 is 5.73 Å². The SMILES string of the molecule is [2H]c1nc(N)c(Br)c([2H])c1F. The van der Waals surface area contributed by atoms with Gasteiger partial charge in [-0.05, 0) is 22.0 Å². The van der Waals surface area contributed by atoms with Crippen LogP contribution in [0.1, 0.15) is 2.74 Å². The van der Waals surface area contributed by atoms with Gasteiger partial charge in [0.15, 0.2) is 0 Å². The second-order valence-electron chi connectivity index (χ2n) is 1.36. The number of halogens is 2. The molecule has 1 heterocycles. The normalized spacial score (nSPS) is 12.7. The molecule has 2 N–H and O–H groups in total. The Morgan fingerprint density at radius 2 is 2.56 bits per heavy atom. The molecule has 0 saturated carbocycles. The highest BCUT2D eigenvalue weighted by molar-refractivity contribution is 9.10. The van der Waals surface area contributed by atoms with Gasteiger partial charge >= 0.3 is 0 Å². The molecule has 0 aromatic carbocycles. The molecule has 0 aliphatic rings. The summed E-state index contributed by atoms with van der Waals surface area (Å²) >= 11 is 2.87. The number of aromatic nitrogens is 1. The molecule has 0 radical (unpaired) electrons. The van der Waals surface area contributed by atoms with Gasteiger partial charge in [-0.2, -0.15) is 0 Å². The molecule has 0 aliphatic carbocycles. The Morgan fingerprint density at radius 1 is 1.89 bits per heavy atom. The van der Waals surface area contributed by atoms with Crippen molar-refractivity contribution in [3.05, 3.63) is 22.5 Å². The van der Waals surface area contributed by atoms with Gasteiger partial charge in [-0.3, -0.25) is 0 Å². The maximum atomic E-state index is 12.6. The summed E-state index contributed by atoms with van der Waals surface area (Å²) in [5.74, 6) is -1.01. The molecule has 0 saturated heterocycles. The first-order valence-electron chi connectivity index (χ1n) is 3.11. The molecule has 0 spiro atoms. The van der Waals surface area contributed by atoms with E-state index in [9.17, 15) is 4.39 Å². The fourth-order valence-corrected chi connectivity index (χ4v) is 0.609. The first-order chi connectivity index (χ1) is 5.04. The number of rotatable bonds is 0. The van der Waals surface area contributed by atoms with Gasteiger partial charge in [0.25, 0.3) is 0 Å². The minimum absolute atomic E-state index is 0.0404. The number of hydrogen-bond acceptors (Lipinski definition) is 2. The summed E-state index contributed by atoms with van der Waals surface area (Å²) in [6.45, 7) is 0. The predicted molar refractivity (Wildman–Crippen MR) is 36.3 cm³/mol. The van der Waals surface area contributed by atoms with Crippen molar-refractivity contribution in [2.45, 2.75) is 0 Å². The van der Waals surface area contributed by atoms with E-state index in [0.29, 0.717) is 0 Å². The minimum Gasteiger partial charge on any atom is -0.383 e. The quantitative estimate of drug-likeness (QED) is 0.678. The number of anilines is 1. The van der Waals surface area contributed by atoms with Crippen LogP contribution in [0.15, 0.2) is 16.7 Å². The fraction of sp³-hybridized carbons (Fsp3) is 0. The average Bonchev–Trinajstić information content (AvgIpc) is 1.97. The van der Waals surface area contributed by atoms with E-state index >= 15 is 0 Å². The molecular weight excluding hydrogens is 187 g/mol. The third-order valence-electron chi connectivity index (χ3n) is 0.719. The molecule has 0 unspecified atom stereocenters. The number of pyridine rings is 1. The second-order valence-corrected chi connectivity index (χ2v) is 2.15. The van der Waals surface area contributed by atoms with Crippen molar-refractivity contribution < 1.29 is 7.13 Å². The lowest BCUT2D eigenvalue weighted by Crippen LogP contribution is -1.91. The molecule has 0 fully saturated rings. The molecule has 1 aromatic heterocycles. The molecular formula is C5H4BrFN2. The second kappa shape index (κ2) is 2.31. The zero-order valence-electron chi connectivity index (χ0n) is 6.28. The summed E-state index contributed by atoms with van der Waals surface area (Å²) in [4.78, 5) is 3.34. The van der Waals surface area contributed by atoms with E-state index in [2.05, 4.69) is 20.9 Å². The van der Waals surface area contributed by atoms with Gasteiger partial charge in [0.05, 0.1) is 13.4 Å². The van der Waals surface area contributed by atoms with Crippen LogP contribution in [-0.2, 0) is 0 Å². The zero-order valence-corrected chi connectivity index (χ0v) is 5.87. The van der Waals surface area contributed by atoms with Gasteiger partial charge in [-0.15, -0.1) is 0 Å². The molecule has 9 heavy (non-hydrogen) atoms. The molecule has 4 heteroatoms. The van der Waals surface area contributed by atoms with E-state index < -0.39 is 18.0 Å². The van der Waals surface area contributed by atoms with Crippen LogP contribution in [0.5, 0.6) is 0 Å². The Morgan fingerprint density at radius 3 is 3.22 bits per heavy atom. The van der Waals surface area contributed by atoms with Gasteiger partial charge in [-0.25, -0.2) is 9.37 Å². The molecule has 0 atom stereocenters. The van der Waals surface area contributed by atoms with Crippen molar-refractivity contribution in [2.75, 3.05) is 5.73 Å². The highest BCUT2D eigenvalue weighted by atomic mass is 79.9. The van der Waals surface area contributed by atoms with Gasteiger partial charge < -0.3 is 5.73 Å². The Labute approximate surface area is 62.8 Å². The van der Waals surface area contributed by atoms with Gasteiger partial charge in [0, 0.05) is 0 Å². The van der Waals surface area contributed by atoms with Crippen molar-refractivity contribution in [3.8, 4) is 0 Å². The molecule has 1 aromatic rings. The summed E-state index contributed by atoms with van der Waals surface area (Å²) in [6, 6.07) is -0.428. The zero-order chi connectivity index (χ0) is 8.59. The summed E-state index contributed by atoms with van der Waals surface area (Å²) in [5.41, 5.74) is 5.23. The minimum atomic E-state index is -0.967. The Bertz CT molecular complexity index is 279. The first kappa shape index (κ1) is 4.22. The first-order valence-corrected chi connectivity index (χ1v) is 2.91. The largest absolute Gasteiger partial charge is 0.383 e. The lowest BCUT2D eigenvalue weighted by atomic mass is 10.4. The Hall–Kier alpha value is -0.640. The standard InChI is InChI=1S/C5H4BrFN2/c6-4-1-3(7)2-9-5(4)8/h1-2H,(H2,8,9)/i1D,2D. The summed E-state index contributed by atoms with van der Waals surface area (Å²) in [5, 5.41) is 0. The Kier molecular flexibility index (Phi) is 1.08. The Balaban J connectivity index is 3.46. The molecule has 0 amide bonds. The van der Waals surface area contributed by atoms with Crippen molar-refractivity contribution in [1.82, 2.24) is 4.98 Å². The lowest BCUT2D eigenvalue weighted by molar-refractivity contribution is 0.621. The fourth-order valence-electron chi connectivity index (χ4n) is 0.347. The molecule has 0 bridgehead atoms. The molecule has 2 nitrogen and oxygen atoms in total. The van der Waals surface area contributed by atoms with E-state index in [1.165, 1.54) is 0 Å². The summed E-state index contributed by atoms with van der Waals surface area (Å²) in [6.07, 6.45) is -0.601. The summed E-state index contributed by atoms with van der Waals surface area (Å²) in [7, 11) is 0. The van der Waals surface area contributed by atoms with Crippen molar-refractivity contribution in [2.24, 2.45) is 0 Å². The van der Waals surface area contributed by atoms with Gasteiger partial charge in [0.1, 0.15) is 11.6 Å². The number of nitrogen functional groups attached to an aromatic ring is 1.